The second-order valence-electron chi connectivity index (χ2n) is 6.14. The van der Waals surface area contributed by atoms with Crippen LogP contribution in [0.5, 0.6) is 0 Å². The molecule has 1 fully saturated rings. The number of benzene rings is 1. The van der Waals surface area contributed by atoms with Gasteiger partial charge in [-0.05, 0) is 50.1 Å². The van der Waals surface area contributed by atoms with Crippen LogP contribution < -0.4 is 16.0 Å². The standard InChI is InChI=1S/C17H22N4O2/c1-12-5-6-14(13-4-2-9-19-15(12)13)21-16(22)20-11-17(23)7-3-8-18-10-17/h2,4-6,9,18,23H,3,7-8,10-11H2,1H3,(H2,20,21,22)/t17-/m0/s1. The second-order valence-corrected chi connectivity index (χ2v) is 6.14. The first-order chi connectivity index (χ1) is 11.1. The Morgan fingerprint density at radius 1 is 1.43 bits per heavy atom. The Labute approximate surface area is 135 Å². The highest BCUT2D eigenvalue weighted by Crippen LogP contribution is 2.24. The van der Waals surface area contributed by atoms with E-state index in [2.05, 4.69) is 20.9 Å². The third-order valence-corrected chi connectivity index (χ3v) is 4.25. The van der Waals surface area contributed by atoms with E-state index in [4.69, 9.17) is 0 Å². The number of piperidine rings is 1. The minimum absolute atomic E-state index is 0.230. The highest BCUT2D eigenvalue weighted by atomic mass is 16.3. The van der Waals surface area contributed by atoms with Gasteiger partial charge >= 0.3 is 6.03 Å². The number of β-amino-alcohol motifs (C(OH)–C–C–N with tert-alkyl or cyclic N) is 1. The molecule has 0 spiro atoms. The van der Waals surface area contributed by atoms with Gasteiger partial charge in [0, 0.05) is 24.7 Å². The maximum atomic E-state index is 12.2. The lowest BCUT2D eigenvalue weighted by Gasteiger charge is -2.32. The molecular weight excluding hydrogens is 292 g/mol. The quantitative estimate of drug-likeness (QED) is 0.695. The molecule has 3 rings (SSSR count). The molecule has 0 saturated carbocycles. The zero-order chi connectivity index (χ0) is 16.3. The van der Waals surface area contributed by atoms with Crippen LogP contribution in [0.1, 0.15) is 18.4 Å². The summed E-state index contributed by atoms with van der Waals surface area (Å²) in [4.78, 5) is 16.5. The normalized spacial score (nSPS) is 21.1. The zero-order valence-electron chi connectivity index (χ0n) is 13.2. The molecule has 1 atom stereocenters. The number of anilines is 1. The van der Waals surface area contributed by atoms with Gasteiger partial charge in [0.25, 0.3) is 0 Å². The topological polar surface area (TPSA) is 86.3 Å². The van der Waals surface area contributed by atoms with E-state index in [1.807, 2.05) is 31.2 Å². The average Bonchev–Trinajstić information content (AvgIpc) is 2.57. The van der Waals surface area contributed by atoms with Crippen molar-refractivity contribution >= 4 is 22.6 Å². The molecule has 2 amide bonds. The van der Waals surface area contributed by atoms with E-state index in [1.54, 1.807) is 6.20 Å². The van der Waals surface area contributed by atoms with Crippen molar-refractivity contribution < 1.29 is 9.90 Å². The molecule has 1 aromatic carbocycles. The lowest BCUT2D eigenvalue weighted by molar-refractivity contribution is 0.0198. The predicted molar refractivity (Wildman–Crippen MR) is 90.6 cm³/mol. The summed E-state index contributed by atoms with van der Waals surface area (Å²) in [5.74, 6) is 0. The fraction of sp³-hybridized carbons (Fsp3) is 0.412. The van der Waals surface area contributed by atoms with E-state index in [9.17, 15) is 9.90 Å². The molecule has 1 aliphatic heterocycles. The molecule has 0 bridgehead atoms. The molecule has 122 valence electrons. The first-order valence-electron chi connectivity index (χ1n) is 7.90. The van der Waals surface area contributed by atoms with Crippen molar-refractivity contribution in [1.29, 1.82) is 0 Å². The summed E-state index contributed by atoms with van der Waals surface area (Å²) in [6, 6.07) is 7.27. The number of amides is 2. The number of hydrogen-bond donors (Lipinski definition) is 4. The van der Waals surface area contributed by atoms with Crippen molar-refractivity contribution in [1.82, 2.24) is 15.6 Å². The molecule has 0 unspecified atom stereocenters. The Bertz CT molecular complexity index is 711. The van der Waals surface area contributed by atoms with Crippen LogP contribution in [0.15, 0.2) is 30.5 Å². The van der Waals surface area contributed by atoms with Gasteiger partial charge in [0.15, 0.2) is 0 Å². The summed E-state index contributed by atoms with van der Waals surface area (Å²) in [6.45, 7) is 3.64. The average molecular weight is 314 g/mol. The number of aryl methyl sites for hydroxylation is 1. The number of nitrogens with zero attached hydrogens (tertiary/aromatic N) is 1. The van der Waals surface area contributed by atoms with Crippen molar-refractivity contribution in [2.24, 2.45) is 0 Å². The summed E-state index contributed by atoms with van der Waals surface area (Å²) < 4.78 is 0. The van der Waals surface area contributed by atoms with Crippen molar-refractivity contribution in [2.75, 3.05) is 25.0 Å². The van der Waals surface area contributed by atoms with Gasteiger partial charge in [0.1, 0.15) is 0 Å². The van der Waals surface area contributed by atoms with Crippen LogP contribution in [-0.2, 0) is 0 Å². The first-order valence-corrected chi connectivity index (χ1v) is 7.90. The number of pyridine rings is 1. The smallest absolute Gasteiger partial charge is 0.319 e. The van der Waals surface area contributed by atoms with Crippen LogP contribution in [0.2, 0.25) is 0 Å². The third kappa shape index (κ3) is 3.60. The number of aromatic nitrogens is 1. The number of nitrogens with one attached hydrogen (secondary N) is 3. The lowest BCUT2D eigenvalue weighted by Crippen LogP contribution is -2.53. The van der Waals surface area contributed by atoms with Gasteiger partial charge in [-0.3, -0.25) is 4.98 Å². The summed E-state index contributed by atoms with van der Waals surface area (Å²) in [6.07, 6.45) is 3.34. The molecule has 2 aromatic rings. The van der Waals surface area contributed by atoms with Crippen molar-refractivity contribution in [3.8, 4) is 0 Å². The molecule has 6 nitrogen and oxygen atoms in total. The summed E-state index contributed by atoms with van der Waals surface area (Å²) in [5, 5.41) is 20.0. The maximum Gasteiger partial charge on any atom is 0.319 e. The number of hydrogen-bond acceptors (Lipinski definition) is 4. The Kier molecular flexibility index (Phi) is 4.45. The zero-order valence-corrected chi connectivity index (χ0v) is 13.2. The van der Waals surface area contributed by atoms with Gasteiger partial charge in [-0.1, -0.05) is 6.07 Å². The molecule has 2 heterocycles. The highest BCUT2D eigenvalue weighted by Gasteiger charge is 2.29. The molecule has 1 saturated heterocycles. The SMILES string of the molecule is Cc1ccc(NC(=O)NC[C@]2(O)CCCNC2)c2cccnc12. The first kappa shape index (κ1) is 15.7. The molecule has 0 aliphatic carbocycles. The van der Waals surface area contributed by atoms with Crippen LogP contribution in [0.4, 0.5) is 10.5 Å². The summed E-state index contributed by atoms with van der Waals surface area (Å²) in [5.41, 5.74) is 1.78. The second kappa shape index (κ2) is 6.52. The molecule has 0 radical (unpaired) electrons. The Morgan fingerprint density at radius 2 is 2.30 bits per heavy atom. The van der Waals surface area contributed by atoms with E-state index in [0.717, 1.165) is 29.4 Å². The van der Waals surface area contributed by atoms with Gasteiger partial charge in [-0.2, -0.15) is 0 Å². The predicted octanol–water partition coefficient (Wildman–Crippen LogP) is 1.78. The van der Waals surface area contributed by atoms with Crippen LogP contribution in [0, 0.1) is 6.92 Å². The molecule has 4 N–H and O–H groups in total. The molecule has 6 heteroatoms. The highest BCUT2D eigenvalue weighted by molar-refractivity contribution is 6.01. The fourth-order valence-corrected chi connectivity index (χ4v) is 2.94. The number of aliphatic hydroxyl groups is 1. The largest absolute Gasteiger partial charge is 0.387 e. The van der Waals surface area contributed by atoms with Gasteiger partial charge in [0.05, 0.1) is 16.8 Å². The molecule has 23 heavy (non-hydrogen) atoms. The summed E-state index contributed by atoms with van der Waals surface area (Å²) in [7, 11) is 0. The van der Waals surface area contributed by atoms with Crippen LogP contribution in [0.3, 0.4) is 0 Å². The number of fused-ring (bicyclic) bond motifs is 1. The van der Waals surface area contributed by atoms with Gasteiger partial charge in [-0.15, -0.1) is 0 Å². The monoisotopic (exact) mass is 314 g/mol. The van der Waals surface area contributed by atoms with Crippen molar-refractivity contribution in [3.05, 3.63) is 36.0 Å². The number of urea groups is 1. The third-order valence-electron chi connectivity index (χ3n) is 4.25. The number of carbonyl (C=O) groups is 1. The Hall–Kier alpha value is -2.18. The van der Waals surface area contributed by atoms with Gasteiger partial charge in [0.2, 0.25) is 0 Å². The van der Waals surface area contributed by atoms with E-state index >= 15 is 0 Å². The van der Waals surface area contributed by atoms with Crippen LogP contribution in [-0.4, -0.2) is 41.4 Å². The Balaban J connectivity index is 1.67. The fourth-order valence-electron chi connectivity index (χ4n) is 2.94. The van der Waals surface area contributed by atoms with E-state index in [0.29, 0.717) is 18.7 Å². The number of carbonyl (C=O) groups excluding carboxylic acids is 1. The molecule has 1 aliphatic rings. The van der Waals surface area contributed by atoms with Crippen molar-refractivity contribution in [2.45, 2.75) is 25.4 Å². The summed E-state index contributed by atoms with van der Waals surface area (Å²) >= 11 is 0. The minimum Gasteiger partial charge on any atom is -0.387 e. The van der Waals surface area contributed by atoms with E-state index in [1.165, 1.54) is 0 Å². The van der Waals surface area contributed by atoms with Gasteiger partial charge < -0.3 is 21.1 Å². The minimum atomic E-state index is -0.869. The lowest BCUT2D eigenvalue weighted by atomic mass is 9.94. The van der Waals surface area contributed by atoms with E-state index in [-0.39, 0.29) is 12.6 Å². The van der Waals surface area contributed by atoms with Crippen LogP contribution >= 0.6 is 0 Å². The van der Waals surface area contributed by atoms with Crippen molar-refractivity contribution in [3.63, 3.8) is 0 Å². The Morgan fingerprint density at radius 3 is 3.09 bits per heavy atom. The molecule has 1 aromatic heterocycles. The van der Waals surface area contributed by atoms with Crippen LogP contribution in [0.25, 0.3) is 10.9 Å². The maximum absolute atomic E-state index is 12.2. The molecular formula is C17H22N4O2. The number of rotatable bonds is 3. The van der Waals surface area contributed by atoms with E-state index < -0.39 is 5.60 Å². The van der Waals surface area contributed by atoms with Gasteiger partial charge in [-0.25, -0.2) is 4.79 Å².